The van der Waals surface area contributed by atoms with E-state index < -0.39 is 0 Å². The Hall–Kier alpha value is -2.08. The molecule has 108 valence electrons. The first-order valence-electron chi connectivity index (χ1n) is 7.44. The molecule has 0 bridgehead atoms. The van der Waals surface area contributed by atoms with Crippen LogP contribution in [0.2, 0.25) is 0 Å². The number of benzene rings is 3. The van der Waals surface area contributed by atoms with Crippen LogP contribution in [0, 0.1) is 0 Å². The second-order valence-electron chi connectivity index (χ2n) is 5.04. The van der Waals surface area contributed by atoms with Crippen molar-refractivity contribution in [2.24, 2.45) is 0 Å². The Labute approximate surface area is 138 Å². The zero-order chi connectivity index (χ0) is 15.0. The van der Waals surface area contributed by atoms with Gasteiger partial charge in [0, 0.05) is 0 Å². The second kappa shape index (κ2) is 7.79. The fourth-order valence-electron chi connectivity index (χ4n) is 2.26. The van der Waals surface area contributed by atoms with Crippen LogP contribution in [0.1, 0.15) is 11.1 Å². The second-order valence-corrected chi connectivity index (χ2v) is 7.38. The summed E-state index contributed by atoms with van der Waals surface area (Å²) in [7, 11) is 0. The van der Waals surface area contributed by atoms with E-state index in [-0.39, 0.29) is 0 Å². The van der Waals surface area contributed by atoms with Crippen LogP contribution >= 0.6 is 0 Å². The normalized spacial score (nSPS) is 11.4. The summed E-state index contributed by atoms with van der Waals surface area (Å²) < 4.78 is 2.86. The molecule has 0 N–H and O–H groups in total. The van der Waals surface area contributed by atoms with Crippen LogP contribution in [0.15, 0.2) is 97.1 Å². The summed E-state index contributed by atoms with van der Waals surface area (Å²) >= 11 is 0.331. The van der Waals surface area contributed by atoms with Crippen LogP contribution in [0.25, 0.3) is 4.47 Å². The number of rotatable bonds is 5. The number of allylic oxidation sites excluding steroid dienone is 1. The van der Waals surface area contributed by atoms with E-state index in [1.807, 2.05) is 0 Å². The molecule has 0 spiro atoms. The quantitative estimate of drug-likeness (QED) is 0.603. The van der Waals surface area contributed by atoms with Gasteiger partial charge in [0.1, 0.15) is 0 Å². The summed E-state index contributed by atoms with van der Waals surface area (Å²) in [4.78, 5) is 0. The summed E-state index contributed by atoms with van der Waals surface area (Å²) in [5.41, 5.74) is 2.70. The average molecular weight is 349 g/mol. The van der Waals surface area contributed by atoms with Gasteiger partial charge in [0.25, 0.3) is 0 Å². The van der Waals surface area contributed by atoms with Crippen molar-refractivity contribution >= 4 is 23.9 Å². The van der Waals surface area contributed by atoms with E-state index in [9.17, 15) is 0 Å². The molecule has 0 aliphatic heterocycles. The molecular formula is C21H18Se. The van der Waals surface area contributed by atoms with E-state index in [2.05, 4.69) is 97.1 Å². The van der Waals surface area contributed by atoms with Gasteiger partial charge in [-0.25, -0.2) is 0 Å². The molecule has 0 saturated heterocycles. The molecule has 0 aromatic heterocycles. The molecule has 0 nitrogen and oxygen atoms in total. The average Bonchev–Trinajstić information content (AvgIpc) is 2.61. The predicted molar refractivity (Wildman–Crippen MR) is 96.4 cm³/mol. The third-order valence-corrected chi connectivity index (χ3v) is 5.77. The molecule has 0 heterocycles. The van der Waals surface area contributed by atoms with Crippen molar-refractivity contribution in [1.29, 1.82) is 0 Å². The Morgan fingerprint density at radius 2 is 1.23 bits per heavy atom. The summed E-state index contributed by atoms with van der Waals surface area (Å²) in [5.74, 6) is 0. The first kappa shape index (κ1) is 14.8. The van der Waals surface area contributed by atoms with Crippen LogP contribution in [0.5, 0.6) is 0 Å². The molecular weight excluding hydrogens is 331 g/mol. The molecule has 0 aliphatic carbocycles. The Morgan fingerprint density at radius 1 is 0.682 bits per heavy atom. The van der Waals surface area contributed by atoms with Crippen molar-refractivity contribution in [3.05, 3.63) is 108 Å². The molecule has 0 saturated carbocycles. The summed E-state index contributed by atoms with van der Waals surface area (Å²) in [6.07, 6.45) is 3.37. The standard InChI is InChI=1S/C21H18Se/c1-4-10-18(11-5-1)16-17-21(19-12-6-2-7-13-19)22-20-14-8-3-9-15-20/h1-15,17H,16H2/b21-17-. The van der Waals surface area contributed by atoms with Gasteiger partial charge in [-0.1, -0.05) is 0 Å². The van der Waals surface area contributed by atoms with Crippen molar-refractivity contribution in [2.45, 2.75) is 6.42 Å². The van der Waals surface area contributed by atoms with Gasteiger partial charge < -0.3 is 0 Å². The topological polar surface area (TPSA) is 0 Å². The van der Waals surface area contributed by atoms with Crippen LogP contribution in [0.3, 0.4) is 0 Å². The summed E-state index contributed by atoms with van der Waals surface area (Å²) in [6.45, 7) is 0. The Balaban J connectivity index is 1.86. The van der Waals surface area contributed by atoms with Crippen LogP contribution in [0.4, 0.5) is 0 Å². The summed E-state index contributed by atoms with van der Waals surface area (Å²) in [6, 6.07) is 32.2. The van der Waals surface area contributed by atoms with Gasteiger partial charge >= 0.3 is 139 Å². The monoisotopic (exact) mass is 350 g/mol. The molecule has 0 fully saturated rings. The molecule has 22 heavy (non-hydrogen) atoms. The van der Waals surface area contributed by atoms with Crippen molar-refractivity contribution in [3.63, 3.8) is 0 Å². The van der Waals surface area contributed by atoms with E-state index in [1.54, 1.807) is 0 Å². The Kier molecular flexibility index (Phi) is 5.26. The van der Waals surface area contributed by atoms with Gasteiger partial charge in [-0.3, -0.25) is 0 Å². The SMILES string of the molecule is C(/Cc1ccccc1)=C(/[Se]c1ccccc1)c1ccccc1. The Bertz CT molecular complexity index is 716. The van der Waals surface area contributed by atoms with E-state index in [1.165, 1.54) is 20.1 Å². The molecule has 0 radical (unpaired) electrons. The predicted octanol–water partition coefficient (Wildman–Crippen LogP) is 4.30. The first-order valence-corrected chi connectivity index (χ1v) is 9.15. The van der Waals surface area contributed by atoms with Gasteiger partial charge in [0.05, 0.1) is 0 Å². The van der Waals surface area contributed by atoms with E-state index in [0.717, 1.165) is 6.42 Å². The zero-order valence-electron chi connectivity index (χ0n) is 12.4. The van der Waals surface area contributed by atoms with Crippen molar-refractivity contribution in [3.8, 4) is 0 Å². The molecule has 3 aromatic rings. The van der Waals surface area contributed by atoms with E-state index in [0.29, 0.717) is 15.0 Å². The maximum absolute atomic E-state index is 2.39. The molecule has 0 aliphatic rings. The first-order chi connectivity index (χ1) is 10.9. The maximum atomic E-state index is 2.39. The molecule has 3 aromatic carbocycles. The molecule has 0 unspecified atom stereocenters. The van der Waals surface area contributed by atoms with Gasteiger partial charge in [-0.2, -0.15) is 0 Å². The van der Waals surface area contributed by atoms with Crippen LogP contribution in [-0.2, 0) is 6.42 Å². The van der Waals surface area contributed by atoms with Crippen LogP contribution < -0.4 is 4.46 Å². The molecule has 0 atom stereocenters. The van der Waals surface area contributed by atoms with Crippen molar-refractivity contribution in [2.75, 3.05) is 0 Å². The molecule has 1 heteroatoms. The Morgan fingerprint density at radius 3 is 1.86 bits per heavy atom. The molecule has 3 rings (SSSR count). The minimum atomic E-state index is 0.331. The van der Waals surface area contributed by atoms with E-state index in [4.69, 9.17) is 0 Å². The fourth-order valence-corrected chi connectivity index (χ4v) is 4.29. The zero-order valence-corrected chi connectivity index (χ0v) is 14.1. The van der Waals surface area contributed by atoms with Gasteiger partial charge in [0.2, 0.25) is 0 Å². The van der Waals surface area contributed by atoms with Gasteiger partial charge in [0.15, 0.2) is 0 Å². The van der Waals surface area contributed by atoms with Crippen molar-refractivity contribution < 1.29 is 0 Å². The third-order valence-electron chi connectivity index (χ3n) is 3.40. The summed E-state index contributed by atoms with van der Waals surface area (Å²) in [5, 5.41) is 0. The van der Waals surface area contributed by atoms with Gasteiger partial charge in [-0.05, 0) is 0 Å². The fraction of sp³-hybridized carbons (Fsp3) is 0.0476. The minimum absolute atomic E-state index is 0.331. The van der Waals surface area contributed by atoms with Gasteiger partial charge in [-0.15, -0.1) is 0 Å². The number of hydrogen-bond donors (Lipinski definition) is 0. The van der Waals surface area contributed by atoms with E-state index >= 15 is 0 Å². The third kappa shape index (κ3) is 4.21. The van der Waals surface area contributed by atoms with Crippen LogP contribution in [-0.4, -0.2) is 15.0 Å². The molecule has 0 amide bonds. The number of hydrogen-bond acceptors (Lipinski definition) is 0. The van der Waals surface area contributed by atoms with Crippen molar-refractivity contribution in [1.82, 2.24) is 0 Å².